The number of benzene rings is 9. The predicted molar refractivity (Wildman–Crippen MR) is 540 cm³/mol. The van der Waals surface area contributed by atoms with Crippen LogP contribution in [0.5, 0.6) is 0 Å². The number of thiophene rings is 2. The SMILES string of the molecule is CCO.O=C(O)c1cc2cc(C(F)(F)F)ccc2s1.O=C(c1ccccc1)N1CC(I)C1.O=C(c1ccccc1)N1CCC(O)(C2CN(C(=O)c3cc4cc(C(F)(F)F)ccc4s3)C2)CC1.O=C(c1ccccc1)N1CCC(O)(C2CN(C(c3ccccc3)c3ccccc3)C2)CC1.O=C(c1ccccc1)N1CCC(O)(C2CNC2)CC1.O=C1CCN(C(=O)c2ccccc2)CC1.[CH3-].[I][Sm][I].[Pd]. The monoisotopic (exact) mass is 2480 g/mol. The second-order valence-corrected chi connectivity index (χ2v) is 57.5. The fourth-order valence-corrected chi connectivity index (χ4v) is 20.1. The zero-order valence-corrected chi connectivity index (χ0v) is 87.7. The minimum Gasteiger partial charge on any atom is 0 e. The van der Waals surface area contributed by atoms with Crippen molar-refractivity contribution >= 4 is 141 Å². The van der Waals surface area contributed by atoms with Crippen LogP contribution in [0.4, 0.5) is 26.3 Å². The molecule has 9 aromatic carbocycles. The zero-order valence-electron chi connectivity index (χ0n) is 75.5. The quantitative estimate of drug-likeness (QED) is 0.0206. The van der Waals surface area contributed by atoms with E-state index in [0.717, 1.165) is 91.6 Å². The molecule has 8 aliphatic heterocycles. The molecule has 0 aliphatic carbocycles. The van der Waals surface area contributed by atoms with Crippen molar-refractivity contribution in [2.45, 2.75) is 97.4 Å². The van der Waals surface area contributed by atoms with Crippen molar-refractivity contribution in [3.63, 3.8) is 0 Å². The van der Waals surface area contributed by atoms with Gasteiger partial charge in [-0.3, -0.25) is 38.5 Å². The third kappa shape index (κ3) is 30.2. The van der Waals surface area contributed by atoms with Crippen LogP contribution in [0.3, 0.4) is 0 Å². The number of carbonyl (C=O) groups is 8. The van der Waals surface area contributed by atoms with Crippen LogP contribution in [0.15, 0.2) is 261 Å². The van der Waals surface area contributed by atoms with Crippen molar-refractivity contribution in [2.24, 2.45) is 17.8 Å². The molecule has 34 heteroatoms. The number of ketones is 1. The number of halogens is 9. The summed E-state index contributed by atoms with van der Waals surface area (Å²) in [7, 11) is 0. The fraction of sp³-hybridized carbons (Fsp3) is 0.350. The first-order valence-corrected chi connectivity index (χ1v) is 62.5. The molecule has 10 heterocycles. The van der Waals surface area contributed by atoms with E-state index in [0.29, 0.717) is 163 Å². The van der Waals surface area contributed by atoms with Crippen LogP contribution >= 0.6 is 73.8 Å². The van der Waals surface area contributed by atoms with E-state index >= 15 is 0 Å². The molecule has 0 radical (unpaired) electrons. The molecule has 137 heavy (non-hydrogen) atoms. The molecule has 8 fully saturated rings. The van der Waals surface area contributed by atoms with Crippen LogP contribution < -0.4 is 5.32 Å². The van der Waals surface area contributed by atoms with Crippen molar-refractivity contribution in [1.82, 2.24) is 39.6 Å². The van der Waals surface area contributed by atoms with Gasteiger partial charge in [0, 0.05) is 203 Å². The second kappa shape index (κ2) is 52.4. The number of aromatic carboxylic acids is 1. The maximum Gasteiger partial charge on any atom is 0 e. The normalized spacial score (nSPS) is 17.3. The van der Waals surface area contributed by atoms with E-state index in [-0.39, 0.29) is 124 Å². The van der Waals surface area contributed by atoms with Crippen LogP contribution in [0.25, 0.3) is 20.2 Å². The van der Waals surface area contributed by atoms with E-state index in [1.54, 1.807) is 45.9 Å². The van der Waals surface area contributed by atoms with Gasteiger partial charge in [-0.25, -0.2) is 4.79 Å². The summed E-state index contributed by atoms with van der Waals surface area (Å²) in [5.74, 6) is -0.300. The number of rotatable bonds is 13. The molecule has 11 aromatic rings. The van der Waals surface area contributed by atoms with Gasteiger partial charge >= 0.3 is 72.4 Å². The van der Waals surface area contributed by atoms with E-state index in [9.17, 15) is 80.0 Å². The van der Waals surface area contributed by atoms with Crippen LogP contribution in [0.2, 0.25) is 0 Å². The van der Waals surface area contributed by atoms with E-state index in [2.05, 4.69) is 122 Å². The topological polar surface area (TPSA) is 272 Å². The van der Waals surface area contributed by atoms with Gasteiger partial charge in [0.05, 0.1) is 38.8 Å². The fourth-order valence-electron chi connectivity index (χ4n) is 17.3. The summed E-state index contributed by atoms with van der Waals surface area (Å²) in [5, 5.41) is 53.4. The minimum atomic E-state index is -4.43. The number of aliphatic hydroxyl groups excluding tert-OH is 1. The molecular formula is C103H110F6I3N8O13PdS2Sm-. The number of aliphatic hydroxyl groups is 4. The standard InChI is InChI=1S/C28H30N2O2.C25H23F3N2O3S.C15H20N2O2.C12H13NO2.C10H5F3O2S.C10H10INO.C2H6O.CH3.2HI.Pd.Sm/c31-27(24-14-8-3-9-15-24)29-18-16-28(32,17-19-29)25-20-30(21-25)26(22-10-4-1-5-11-22)23-12-6-2-7-13-23;26-25(27,28)18-6-7-20-17(12-18)13-21(34-20)23(32)30-14-19(15-30)24(33)8-10-29(11-9-24)22(31)16-4-2-1-3-5-16;18-14(12-4-2-1-3-5-12)17-8-6-15(19,7-9-17)13-10-16-11-13;14-11-6-8-13(9-7-11)12(15)10-4-2-1-3-5-10;11-10(12,13)6-1-2-7-5(3-6)4-8(16-7)9(14)15;11-9-6-12(7-9)10(13)8-4-2-1-3-5-8;1-2-3;;;;;/h1-15,25-26,32H,16-21H2;1-7,12-13,19,33H,8-11,14-15H2;1-5,13,16,19H,6-11H2;1-5H,6-9H2;1-4H,(H,14,15);1-5,9H,6-7H2;3H,2H2,1H3;1H3;2*1H;;/q;;;;;;;-1;;;;+2/p-2. The number of piperidine rings is 4. The van der Waals surface area contributed by atoms with Crippen LogP contribution in [-0.2, 0) is 37.6 Å². The summed E-state index contributed by atoms with van der Waals surface area (Å²) in [6, 6.07) is 77.4. The number of carboxylic acids is 1. The molecule has 6 N–H and O–H groups in total. The Balaban J connectivity index is 0.000000173. The second-order valence-electron chi connectivity index (χ2n) is 34.2. The number of fused-ring (bicyclic) bond motifs is 2. The number of amides is 6. The number of nitrogens with zero attached hydrogens (tertiary/aromatic N) is 7. The van der Waals surface area contributed by atoms with E-state index in [1.165, 1.54) is 46.7 Å². The molecule has 8 saturated heterocycles. The van der Waals surface area contributed by atoms with Gasteiger partial charge in [-0.2, -0.15) is 26.3 Å². The smallest absolute Gasteiger partial charge is 0 e. The van der Waals surface area contributed by atoms with Crippen molar-refractivity contribution in [1.29, 1.82) is 0 Å². The summed E-state index contributed by atoms with van der Waals surface area (Å²) in [4.78, 5) is 110. The van der Waals surface area contributed by atoms with Gasteiger partial charge in [0.1, 0.15) is 10.7 Å². The summed E-state index contributed by atoms with van der Waals surface area (Å²) < 4.78 is 77.8. The van der Waals surface area contributed by atoms with Crippen molar-refractivity contribution in [3.05, 3.63) is 328 Å². The number of hydrogen-bond donors (Lipinski definition) is 6. The Kier molecular flexibility index (Phi) is 42.6. The summed E-state index contributed by atoms with van der Waals surface area (Å²) in [5.41, 5.74) is 2.44. The van der Waals surface area contributed by atoms with E-state index < -0.39 is 46.3 Å². The number of likely N-dealkylation sites (tertiary alicyclic amines) is 7. The van der Waals surface area contributed by atoms with Gasteiger partial charge in [-0.15, -0.1) is 22.7 Å². The van der Waals surface area contributed by atoms with E-state index in [4.69, 9.17) is 10.2 Å². The Morgan fingerprint density at radius 2 is 0.693 bits per heavy atom. The molecule has 2 aromatic heterocycles. The number of Topliss-reactive ketones (excluding diaryl/α,β-unsaturated/α-hetero) is 1. The van der Waals surface area contributed by atoms with Gasteiger partial charge in [0.15, 0.2) is 0 Å². The number of nitrogens with one attached hydrogen (secondary N) is 1. The number of carbonyl (C=O) groups excluding carboxylic acids is 7. The number of alkyl halides is 7. The summed E-state index contributed by atoms with van der Waals surface area (Å²) >= 11 is 9.57. The van der Waals surface area contributed by atoms with Crippen LogP contribution in [0, 0.1) is 50.6 Å². The molecule has 19 rings (SSSR count). The van der Waals surface area contributed by atoms with Crippen molar-refractivity contribution < 1.29 is 136 Å². The summed E-state index contributed by atoms with van der Waals surface area (Å²) in [6.45, 7) is 12.6. The molecule has 0 spiro atoms. The van der Waals surface area contributed by atoms with Gasteiger partial charge in [0.25, 0.3) is 35.4 Å². The maximum atomic E-state index is 13.0. The van der Waals surface area contributed by atoms with Gasteiger partial charge < -0.3 is 67.7 Å². The minimum absolute atomic E-state index is 0. The largest absolute Gasteiger partial charge is 0 e. The van der Waals surface area contributed by atoms with Gasteiger partial charge in [0.2, 0.25) is 0 Å². The molecule has 0 saturated carbocycles. The first-order chi connectivity index (χ1) is 64.7. The van der Waals surface area contributed by atoms with E-state index in [1.807, 2.05) is 142 Å². The van der Waals surface area contributed by atoms with Crippen LogP contribution in [-0.4, -0.2) is 239 Å². The first-order valence-electron chi connectivity index (χ1n) is 44.6. The van der Waals surface area contributed by atoms with Crippen molar-refractivity contribution in [2.75, 3.05) is 111 Å². The maximum absolute atomic E-state index is 13.0. The average Bonchev–Trinajstić information content (AvgIpc) is 1.31. The van der Waals surface area contributed by atoms with Crippen molar-refractivity contribution in [3.8, 4) is 0 Å². The Labute approximate surface area is 862 Å². The Morgan fingerprint density at radius 3 is 0.993 bits per heavy atom. The molecule has 8 aliphatic rings. The molecule has 732 valence electrons. The number of hydrogen-bond acceptors (Lipinski definition) is 16. The summed E-state index contributed by atoms with van der Waals surface area (Å²) in [6.07, 6.45) is -4.27. The Hall–Kier alpha value is -7.61. The van der Waals surface area contributed by atoms with Gasteiger partial charge in [-0.1, -0.05) is 174 Å². The third-order valence-corrected chi connectivity index (χ3v) is 28.4. The molecular weight excluding hydrogens is 2370 g/mol. The molecule has 6 amide bonds. The third-order valence-electron chi connectivity index (χ3n) is 25.4. The molecule has 0 atom stereocenters. The zero-order chi connectivity index (χ0) is 96.6. The number of carboxylic acid groups (broad SMARTS) is 1. The molecule has 21 nitrogen and oxygen atoms in total. The first kappa shape index (κ1) is 111. The molecule has 0 unspecified atom stereocenters. The Bertz CT molecular complexity index is 5690. The Morgan fingerprint density at radius 1 is 0.416 bits per heavy atom. The predicted octanol–water partition coefficient (Wildman–Crippen LogP) is 19.2. The average molecular weight is 2480 g/mol. The molecule has 0 bridgehead atoms. The van der Waals surface area contributed by atoms with Crippen LogP contribution in [0.1, 0.15) is 158 Å². The van der Waals surface area contributed by atoms with Gasteiger partial charge in [-0.05, 0) is 177 Å².